The lowest BCUT2D eigenvalue weighted by atomic mass is 10.2. The molecule has 1 aromatic carbocycles. The summed E-state index contributed by atoms with van der Waals surface area (Å²) >= 11 is 0. The Bertz CT molecular complexity index is 381. The fourth-order valence-electron chi connectivity index (χ4n) is 0.816. The standard InChI is InChI=1S/C11H11FO.C2H5NO/c1-3-9(2)13-8-10-4-6-11(12)7-5-10;1-2(3)4/h3-7H,1-2,8H2;1H3,(H2,3,4). The lowest BCUT2D eigenvalue weighted by molar-refractivity contribution is -0.115. The fourth-order valence-corrected chi connectivity index (χ4v) is 0.816. The van der Waals surface area contributed by atoms with Crippen LogP contribution in [-0.4, -0.2) is 5.91 Å². The molecule has 17 heavy (non-hydrogen) atoms. The number of nitrogens with two attached hydrogens (primary N) is 1. The minimum atomic E-state index is -0.333. The van der Waals surface area contributed by atoms with Gasteiger partial charge in [0.05, 0.1) is 0 Å². The quantitative estimate of drug-likeness (QED) is 0.646. The second-order valence-electron chi connectivity index (χ2n) is 3.20. The Balaban J connectivity index is 0.000000557. The summed E-state index contributed by atoms with van der Waals surface area (Å²) in [7, 11) is 0. The van der Waals surface area contributed by atoms with Crippen LogP contribution in [0.3, 0.4) is 0 Å². The van der Waals surface area contributed by atoms with Crippen LogP contribution in [0.1, 0.15) is 12.5 Å². The molecule has 2 N–H and O–H groups in total. The topological polar surface area (TPSA) is 52.3 Å². The van der Waals surface area contributed by atoms with Crippen LogP contribution in [0.2, 0.25) is 0 Å². The van der Waals surface area contributed by atoms with Crippen molar-refractivity contribution in [2.45, 2.75) is 13.5 Å². The van der Waals surface area contributed by atoms with E-state index >= 15 is 0 Å². The molecule has 3 nitrogen and oxygen atoms in total. The summed E-state index contributed by atoms with van der Waals surface area (Å²) < 4.78 is 17.7. The number of amides is 1. The number of primary amides is 1. The van der Waals surface area contributed by atoms with Crippen LogP contribution >= 0.6 is 0 Å². The van der Waals surface area contributed by atoms with Crippen LogP contribution < -0.4 is 5.73 Å². The number of ether oxygens (including phenoxy) is 1. The van der Waals surface area contributed by atoms with Crippen LogP contribution in [0.15, 0.2) is 49.3 Å². The zero-order valence-electron chi connectivity index (χ0n) is 9.78. The Morgan fingerprint density at radius 3 is 2.35 bits per heavy atom. The molecule has 1 rings (SSSR count). The van der Waals surface area contributed by atoms with E-state index in [-0.39, 0.29) is 11.7 Å². The first-order chi connectivity index (χ1) is 7.95. The Morgan fingerprint density at radius 1 is 1.47 bits per heavy atom. The molecule has 0 spiro atoms. The van der Waals surface area contributed by atoms with Crippen molar-refractivity contribution in [3.63, 3.8) is 0 Å². The summed E-state index contributed by atoms with van der Waals surface area (Å²) in [5, 5.41) is 0. The van der Waals surface area contributed by atoms with Gasteiger partial charge >= 0.3 is 0 Å². The van der Waals surface area contributed by atoms with E-state index in [4.69, 9.17) is 4.74 Å². The number of carbonyl (C=O) groups is 1. The maximum atomic E-state index is 12.5. The molecule has 0 unspecified atom stereocenters. The van der Waals surface area contributed by atoms with E-state index < -0.39 is 0 Å². The highest BCUT2D eigenvalue weighted by Gasteiger charge is 1.94. The molecular weight excluding hydrogens is 221 g/mol. The zero-order chi connectivity index (χ0) is 13.3. The molecule has 0 aromatic heterocycles. The minimum absolute atomic E-state index is 0.244. The van der Waals surface area contributed by atoms with Gasteiger partial charge in [-0.1, -0.05) is 25.3 Å². The van der Waals surface area contributed by atoms with Crippen molar-refractivity contribution >= 4 is 5.91 Å². The summed E-state index contributed by atoms with van der Waals surface area (Å²) in [6.45, 7) is 8.79. The second kappa shape index (κ2) is 8.10. The molecule has 0 bridgehead atoms. The lowest BCUT2D eigenvalue weighted by Crippen LogP contribution is -2.01. The van der Waals surface area contributed by atoms with Gasteiger partial charge < -0.3 is 10.5 Å². The predicted octanol–water partition coefficient (Wildman–Crippen LogP) is 2.53. The number of benzene rings is 1. The van der Waals surface area contributed by atoms with Gasteiger partial charge in [-0.3, -0.25) is 4.79 Å². The largest absolute Gasteiger partial charge is 0.490 e. The van der Waals surface area contributed by atoms with Crippen molar-refractivity contribution in [3.05, 3.63) is 60.6 Å². The highest BCUT2D eigenvalue weighted by molar-refractivity contribution is 5.70. The van der Waals surface area contributed by atoms with Crippen molar-refractivity contribution in [2.75, 3.05) is 0 Å². The first-order valence-corrected chi connectivity index (χ1v) is 4.90. The van der Waals surface area contributed by atoms with Crippen LogP contribution in [-0.2, 0) is 16.1 Å². The Labute approximate surface area is 100 Å². The third kappa shape index (κ3) is 8.87. The van der Waals surface area contributed by atoms with Crippen LogP contribution in [0.5, 0.6) is 0 Å². The molecule has 0 saturated heterocycles. The van der Waals surface area contributed by atoms with E-state index in [0.717, 1.165) is 5.56 Å². The second-order valence-corrected chi connectivity index (χ2v) is 3.20. The number of halogens is 1. The van der Waals surface area contributed by atoms with E-state index in [0.29, 0.717) is 12.4 Å². The zero-order valence-corrected chi connectivity index (χ0v) is 9.78. The van der Waals surface area contributed by atoms with Crippen molar-refractivity contribution in [1.29, 1.82) is 0 Å². The molecule has 1 amide bonds. The first kappa shape index (κ1) is 14.9. The number of hydrogen-bond donors (Lipinski definition) is 1. The van der Waals surface area contributed by atoms with E-state index in [2.05, 4.69) is 18.9 Å². The average Bonchev–Trinajstić information content (AvgIpc) is 2.27. The normalized spacial score (nSPS) is 8.59. The van der Waals surface area contributed by atoms with E-state index in [9.17, 15) is 9.18 Å². The van der Waals surface area contributed by atoms with Crippen molar-refractivity contribution in [1.82, 2.24) is 0 Å². The molecule has 0 aliphatic carbocycles. The molecule has 0 saturated carbocycles. The molecule has 0 radical (unpaired) electrons. The molecule has 0 aliphatic rings. The van der Waals surface area contributed by atoms with Gasteiger partial charge in [0.1, 0.15) is 18.2 Å². The summed E-state index contributed by atoms with van der Waals surface area (Å²) in [6.07, 6.45) is 1.53. The highest BCUT2D eigenvalue weighted by Crippen LogP contribution is 2.06. The van der Waals surface area contributed by atoms with Crippen molar-refractivity contribution in [2.24, 2.45) is 5.73 Å². The lowest BCUT2D eigenvalue weighted by Gasteiger charge is -2.04. The van der Waals surface area contributed by atoms with Gasteiger partial charge in [0.2, 0.25) is 5.91 Å². The van der Waals surface area contributed by atoms with Gasteiger partial charge in [-0.15, -0.1) is 0 Å². The summed E-state index contributed by atoms with van der Waals surface area (Å²) in [5.74, 6) is -0.0596. The van der Waals surface area contributed by atoms with Gasteiger partial charge in [-0.2, -0.15) is 0 Å². The Morgan fingerprint density at radius 2 is 1.94 bits per heavy atom. The Kier molecular flexibility index (Phi) is 7.10. The molecular formula is C13H16FNO2. The molecule has 0 heterocycles. The molecule has 4 heteroatoms. The highest BCUT2D eigenvalue weighted by atomic mass is 19.1. The van der Waals surface area contributed by atoms with Gasteiger partial charge in [0, 0.05) is 6.92 Å². The maximum absolute atomic E-state index is 12.5. The third-order valence-corrected chi connectivity index (χ3v) is 1.57. The monoisotopic (exact) mass is 237 g/mol. The van der Waals surface area contributed by atoms with Gasteiger partial charge in [-0.25, -0.2) is 4.39 Å². The first-order valence-electron chi connectivity index (χ1n) is 4.90. The number of carbonyl (C=O) groups excluding carboxylic acids is 1. The van der Waals surface area contributed by atoms with Gasteiger partial charge in [0.25, 0.3) is 0 Å². The van der Waals surface area contributed by atoms with Crippen molar-refractivity contribution in [3.8, 4) is 0 Å². The smallest absolute Gasteiger partial charge is 0.214 e. The molecule has 1 aromatic rings. The number of allylic oxidation sites excluding steroid dienone is 1. The average molecular weight is 237 g/mol. The summed E-state index contributed by atoms with van der Waals surface area (Å²) in [6, 6.07) is 6.14. The van der Waals surface area contributed by atoms with Crippen molar-refractivity contribution < 1.29 is 13.9 Å². The summed E-state index contributed by atoms with van der Waals surface area (Å²) in [4.78, 5) is 9.22. The minimum Gasteiger partial charge on any atom is -0.490 e. The molecule has 0 aliphatic heterocycles. The van der Waals surface area contributed by atoms with Crippen LogP contribution in [0.25, 0.3) is 0 Å². The Hall–Kier alpha value is -2.10. The van der Waals surface area contributed by atoms with E-state index in [1.54, 1.807) is 12.1 Å². The van der Waals surface area contributed by atoms with Crippen LogP contribution in [0.4, 0.5) is 4.39 Å². The van der Waals surface area contributed by atoms with E-state index in [1.807, 2.05) is 0 Å². The van der Waals surface area contributed by atoms with Gasteiger partial charge in [0.15, 0.2) is 0 Å². The van der Waals surface area contributed by atoms with Gasteiger partial charge in [-0.05, 0) is 23.8 Å². The predicted molar refractivity (Wildman–Crippen MR) is 65.4 cm³/mol. The van der Waals surface area contributed by atoms with Crippen LogP contribution in [0, 0.1) is 5.82 Å². The fraction of sp³-hybridized carbons (Fsp3) is 0.154. The third-order valence-electron chi connectivity index (χ3n) is 1.57. The molecule has 0 atom stereocenters. The number of hydrogen-bond acceptors (Lipinski definition) is 2. The SMILES string of the molecule is C=CC(=C)OCc1ccc(F)cc1.CC(N)=O. The maximum Gasteiger partial charge on any atom is 0.214 e. The van der Waals surface area contributed by atoms with E-state index in [1.165, 1.54) is 25.1 Å². The number of rotatable bonds is 4. The molecule has 0 fully saturated rings. The summed E-state index contributed by atoms with van der Waals surface area (Å²) in [5.41, 5.74) is 5.38. The molecule has 92 valence electrons.